The highest BCUT2D eigenvalue weighted by molar-refractivity contribution is 5.78. The van der Waals surface area contributed by atoms with Crippen LogP contribution < -0.4 is 5.32 Å². The first-order valence-electron chi connectivity index (χ1n) is 8.81. The topological polar surface area (TPSA) is 46.9 Å². The molecule has 0 radical (unpaired) electrons. The Kier molecular flexibility index (Phi) is 5.64. The van der Waals surface area contributed by atoms with Crippen LogP contribution in [0.25, 0.3) is 0 Å². The molecule has 0 aliphatic heterocycles. The second kappa shape index (κ2) is 7.93. The summed E-state index contributed by atoms with van der Waals surface area (Å²) in [6.07, 6.45) is 0.276. The van der Waals surface area contributed by atoms with Crippen LogP contribution in [0.4, 0.5) is 13.2 Å². The van der Waals surface area contributed by atoms with Crippen LogP contribution in [0.1, 0.15) is 36.8 Å². The van der Waals surface area contributed by atoms with E-state index in [9.17, 15) is 18.0 Å². The summed E-state index contributed by atoms with van der Waals surface area (Å²) in [4.78, 5) is 12.2. The standard InChI is InChI=1S/C19H22F3N3O/c20-19(21,22)17-8-4-7-16(9-17)18(26)23-10-15-11-24-25(13-15)12-14-5-2-1-3-6-14/h1-3,5-6,11,13,16-17H,4,7-10,12H2,(H,23,26)/t16-,17-/m0/s1. The molecule has 1 saturated carbocycles. The van der Waals surface area contributed by atoms with E-state index in [1.165, 1.54) is 0 Å². The lowest BCUT2D eigenvalue weighted by atomic mass is 9.80. The number of nitrogens with zero attached hydrogens (tertiary/aromatic N) is 2. The molecule has 0 bridgehead atoms. The number of hydrogen-bond acceptors (Lipinski definition) is 2. The van der Waals surface area contributed by atoms with Crippen LogP contribution in [-0.4, -0.2) is 21.9 Å². The zero-order valence-electron chi connectivity index (χ0n) is 14.4. The first-order chi connectivity index (χ1) is 12.4. The van der Waals surface area contributed by atoms with Crippen molar-refractivity contribution in [1.29, 1.82) is 0 Å². The molecule has 1 heterocycles. The van der Waals surface area contributed by atoms with Crippen molar-refractivity contribution < 1.29 is 18.0 Å². The fourth-order valence-electron chi connectivity index (χ4n) is 3.41. The van der Waals surface area contributed by atoms with Crippen molar-refractivity contribution >= 4 is 5.91 Å². The van der Waals surface area contributed by atoms with E-state index < -0.39 is 18.0 Å². The average molecular weight is 365 g/mol. The Morgan fingerprint density at radius 3 is 2.69 bits per heavy atom. The van der Waals surface area contributed by atoms with Gasteiger partial charge < -0.3 is 5.32 Å². The van der Waals surface area contributed by atoms with Gasteiger partial charge in [0, 0.05) is 24.2 Å². The van der Waals surface area contributed by atoms with E-state index in [1.807, 2.05) is 36.5 Å². The van der Waals surface area contributed by atoms with Crippen molar-refractivity contribution in [2.75, 3.05) is 0 Å². The van der Waals surface area contributed by atoms with E-state index in [0.29, 0.717) is 19.4 Å². The minimum Gasteiger partial charge on any atom is -0.352 e. The smallest absolute Gasteiger partial charge is 0.352 e. The van der Waals surface area contributed by atoms with Gasteiger partial charge in [-0.05, 0) is 24.8 Å². The zero-order valence-corrected chi connectivity index (χ0v) is 14.4. The van der Waals surface area contributed by atoms with E-state index >= 15 is 0 Å². The molecule has 1 N–H and O–H groups in total. The lowest BCUT2D eigenvalue weighted by Crippen LogP contribution is -2.37. The molecule has 3 rings (SSSR count). The van der Waals surface area contributed by atoms with E-state index in [2.05, 4.69) is 10.4 Å². The highest BCUT2D eigenvalue weighted by Crippen LogP contribution is 2.39. The van der Waals surface area contributed by atoms with Gasteiger partial charge in [-0.3, -0.25) is 9.48 Å². The Hall–Kier alpha value is -2.31. The number of carbonyl (C=O) groups is 1. The maximum Gasteiger partial charge on any atom is 0.391 e. The van der Waals surface area contributed by atoms with Gasteiger partial charge >= 0.3 is 6.18 Å². The third-order valence-corrected chi connectivity index (χ3v) is 4.85. The molecule has 1 aromatic heterocycles. The highest BCUT2D eigenvalue weighted by atomic mass is 19.4. The molecule has 2 aromatic rings. The second-order valence-corrected chi connectivity index (χ2v) is 6.85. The molecule has 1 fully saturated rings. The van der Waals surface area contributed by atoms with Gasteiger partial charge in [0.05, 0.1) is 18.7 Å². The summed E-state index contributed by atoms with van der Waals surface area (Å²) in [5, 5.41) is 7.02. The Balaban J connectivity index is 1.50. The molecular formula is C19H22F3N3O. The fourth-order valence-corrected chi connectivity index (χ4v) is 3.41. The number of alkyl halides is 3. The van der Waals surface area contributed by atoms with Crippen LogP contribution in [0, 0.1) is 11.8 Å². The van der Waals surface area contributed by atoms with Crippen molar-refractivity contribution in [2.24, 2.45) is 11.8 Å². The predicted molar refractivity (Wildman–Crippen MR) is 91.1 cm³/mol. The van der Waals surface area contributed by atoms with E-state index in [-0.39, 0.29) is 25.3 Å². The largest absolute Gasteiger partial charge is 0.391 e. The summed E-state index contributed by atoms with van der Waals surface area (Å²) in [7, 11) is 0. The molecule has 0 spiro atoms. The molecule has 4 nitrogen and oxygen atoms in total. The molecule has 1 amide bonds. The van der Waals surface area contributed by atoms with E-state index in [4.69, 9.17) is 0 Å². The van der Waals surface area contributed by atoms with Crippen LogP contribution >= 0.6 is 0 Å². The molecule has 1 aliphatic rings. The van der Waals surface area contributed by atoms with Crippen molar-refractivity contribution in [3.8, 4) is 0 Å². The van der Waals surface area contributed by atoms with Crippen LogP contribution in [0.15, 0.2) is 42.7 Å². The SMILES string of the molecule is O=C(NCc1cnn(Cc2ccccc2)c1)[C@H]1CCC[C@H](C(F)(F)F)C1. The van der Waals surface area contributed by atoms with Gasteiger partial charge in [0.1, 0.15) is 0 Å². The monoisotopic (exact) mass is 365 g/mol. The highest BCUT2D eigenvalue weighted by Gasteiger charge is 2.43. The number of nitrogens with one attached hydrogen (secondary N) is 1. The Morgan fingerprint density at radius 2 is 1.96 bits per heavy atom. The summed E-state index contributed by atoms with van der Waals surface area (Å²) < 4.78 is 40.4. The van der Waals surface area contributed by atoms with Gasteiger partial charge in [0.15, 0.2) is 0 Å². The summed E-state index contributed by atoms with van der Waals surface area (Å²) in [5.74, 6) is -2.22. The van der Waals surface area contributed by atoms with Gasteiger partial charge in [-0.2, -0.15) is 18.3 Å². The Morgan fingerprint density at radius 1 is 1.19 bits per heavy atom. The molecule has 7 heteroatoms. The summed E-state index contributed by atoms with van der Waals surface area (Å²) in [5.41, 5.74) is 1.95. The minimum absolute atomic E-state index is 0.109. The number of aromatic nitrogens is 2. The number of rotatable bonds is 5. The fraction of sp³-hybridized carbons (Fsp3) is 0.474. The number of hydrogen-bond donors (Lipinski definition) is 1. The van der Waals surface area contributed by atoms with Gasteiger partial charge in [0.2, 0.25) is 5.91 Å². The van der Waals surface area contributed by atoms with Crippen molar-refractivity contribution in [1.82, 2.24) is 15.1 Å². The summed E-state index contributed by atoms with van der Waals surface area (Å²) in [6.45, 7) is 0.908. The third kappa shape index (κ3) is 4.86. The normalized spacial score (nSPS) is 20.7. The van der Waals surface area contributed by atoms with Crippen LogP contribution in [0.2, 0.25) is 0 Å². The first-order valence-corrected chi connectivity index (χ1v) is 8.81. The van der Waals surface area contributed by atoms with Crippen molar-refractivity contribution in [3.63, 3.8) is 0 Å². The van der Waals surface area contributed by atoms with Gasteiger partial charge in [0.25, 0.3) is 0 Å². The Labute approximate surface area is 150 Å². The Bertz CT molecular complexity index is 727. The number of halogens is 3. The minimum atomic E-state index is -4.21. The maximum absolute atomic E-state index is 12.9. The van der Waals surface area contributed by atoms with Crippen LogP contribution in [0.3, 0.4) is 0 Å². The molecule has 26 heavy (non-hydrogen) atoms. The molecule has 0 saturated heterocycles. The lowest BCUT2D eigenvalue weighted by molar-refractivity contribution is -0.186. The van der Waals surface area contributed by atoms with Gasteiger partial charge in [-0.25, -0.2) is 0 Å². The van der Waals surface area contributed by atoms with Crippen molar-refractivity contribution in [2.45, 2.75) is 44.9 Å². The first kappa shape index (κ1) is 18.5. The second-order valence-electron chi connectivity index (χ2n) is 6.85. The number of amides is 1. The van der Waals surface area contributed by atoms with E-state index in [1.54, 1.807) is 10.9 Å². The van der Waals surface area contributed by atoms with Crippen molar-refractivity contribution in [3.05, 3.63) is 53.9 Å². The summed E-state index contributed by atoms with van der Waals surface area (Å²) in [6, 6.07) is 9.87. The molecule has 140 valence electrons. The van der Waals surface area contributed by atoms with Crippen LogP contribution in [0.5, 0.6) is 0 Å². The lowest BCUT2D eigenvalue weighted by Gasteiger charge is -2.29. The molecule has 2 atom stereocenters. The average Bonchev–Trinajstić information content (AvgIpc) is 3.07. The molecule has 0 unspecified atom stereocenters. The van der Waals surface area contributed by atoms with Crippen LogP contribution in [-0.2, 0) is 17.9 Å². The van der Waals surface area contributed by atoms with Gasteiger partial charge in [-0.15, -0.1) is 0 Å². The quantitative estimate of drug-likeness (QED) is 0.873. The molecule has 1 aliphatic carbocycles. The zero-order chi connectivity index (χ0) is 18.6. The number of carbonyl (C=O) groups excluding carboxylic acids is 1. The number of benzene rings is 1. The van der Waals surface area contributed by atoms with Gasteiger partial charge in [-0.1, -0.05) is 36.8 Å². The predicted octanol–water partition coefficient (Wildman–Crippen LogP) is 3.92. The maximum atomic E-state index is 12.9. The summed E-state index contributed by atoms with van der Waals surface area (Å²) >= 11 is 0. The third-order valence-electron chi connectivity index (χ3n) is 4.85. The molecule has 1 aromatic carbocycles. The van der Waals surface area contributed by atoms with E-state index in [0.717, 1.165) is 11.1 Å². The molecular weight excluding hydrogens is 343 g/mol.